The molecule has 0 aliphatic rings. The van der Waals surface area contributed by atoms with Crippen molar-refractivity contribution in [3.63, 3.8) is 0 Å². The van der Waals surface area contributed by atoms with Crippen LogP contribution < -0.4 is 0 Å². The predicted molar refractivity (Wildman–Crippen MR) is 15.2 cm³/mol. The number of carbonyl (C=O) groups is 1. The SMILES string of the molecule is C=C[C](=O)[Co].[Co].[Fe]. The van der Waals surface area contributed by atoms with Gasteiger partial charge in [0, 0.05) is 33.8 Å². The molecule has 7 heavy (non-hydrogen) atoms. The van der Waals surface area contributed by atoms with Gasteiger partial charge in [-0.3, -0.25) is 0 Å². The average molecular weight is 229 g/mol. The van der Waals surface area contributed by atoms with Crippen molar-refractivity contribution in [1.29, 1.82) is 0 Å². The fraction of sp³-hybridized carbons (Fsp3) is 0. The van der Waals surface area contributed by atoms with Crippen molar-refractivity contribution in [1.82, 2.24) is 0 Å². The normalized spacial score (nSPS) is 4.86. The minimum Gasteiger partial charge on any atom is 0 e. The van der Waals surface area contributed by atoms with E-state index in [0.29, 0.717) is 0 Å². The first kappa shape index (κ1) is 15.7. The topological polar surface area (TPSA) is 17.1 Å². The van der Waals surface area contributed by atoms with Crippen molar-refractivity contribution >= 4 is 4.72 Å². The van der Waals surface area contributed by atoms with Crippen molar-refractivity contribution in [3.8, 4) is 0 Å². The molecule has 0 saturated heterocycles. The minimum absolute atomic E-state index is 0. The smallest absolute Gasteiger partial charge is 0 e. The number of hydrogen-bond donors (Lipinski definition) is 0. The van der Waals surface area contributed by atoms with Gasteiger partial charge in [0.15, 0.2) is 0 Å². The summed E-state index contributed by atoms with van der Waals surface area (Å²) in [4.78, 5) is 9.56. The zero-order chi connectivity index (χ0) is 4.28. The molecule has 0 aliphatic carbocycles. The summed E-state index contributed by atoms with van der Waals surface area (Å²) < 4.78 is -0.294. The van der Waals surface area contributed by atoms with Crippen LogP contribution in [0.15, 0.2) is 12.7 Å². The summed E-state index contributed by atoms with van der Waals surface area (Å²) in [6.07, 6.45) is 1.14. The quantitative estimate of drug-likeness (QED) is 0.464. The van der Waals surface area contributed by atoms with Gasteiger partial charge in [-0.15, -0.1) is 0 Å². The maximum Gasteiger partial charge on any atom is 0 e. The molecule has 1 nitrogen and oxygen atoms in total. The standard InChI is InChI=1S/C3H3O.2Co.Fe/c1-2-3-4;;;/h2H,1H2;;;. The fourth-order valence-corrected chi connectivity index (χ4v) is 0. The van der Waals surface area contributed by atoms with Gasteiger partial charge >= 0.3 is 37.9 Å². The minimum atomic E-state index is -0.294. The van der Waals surface area contributed by atoms with Crippen molar-refractivity contribution < 1.29 is 54.4 Å². The average Bonchev–Trinajstić information content (AvgIpc) is 1.38. The molecule has 0 N–H and O–H groups in total. The molecule has 0 aromatic rings. The molecule has 0 amide bonds. The van der Waals surface area contributed by atoms with E-state index >= 15 is 0 Å². The Kier molecular flexibility index (Phi) is 22.5. The first-order valence-electron chi connectivity index (χ1n) is 1.07. The van der Waals surface area contributed by atoms with Crippen LogP contribution >= 0.6 is 0 Å². The Hall–Kier alpha value is 0.942. The molecule has 47 valence electrons. The van der Waals surface area contributed by atoms with E-state index in [4.69, 9.17) is 0 Å². The molecule has 0 aromatic heterocycles. The van der Waals surface area contributed by atoms with E-state index in [0.717, 1.165) is 6.08 Å². The maximum atomic E-state index is 9.56. The van der Waals surface area contributed by atoms with Crippen LogP contribution in [-0.4, -0.2) is 4.72 Å². The molecule has 0 bridgehead atoms. The van der Waals surface area contributed by atoms with Crippen molar-refractivity contribution in [2.45, 2.75) is 0 Å². The Balaban J connectivity index is -0.0000000800. The molecule has 0 unspecified atom stereocenters. The molecular formula is C3H3Co2FeO. The third-order valence-electron chi connectivity index (χ3n) is 0.151. The Morgan fingerprint density at radius 3 is 1.86 bits per heavy atom. The van der Waals surface area contributed by atoms with Gasteiger partial charge in [0.1, 0.15) is 0 Å². The largest absolute Gasteiger partial charge is 0 e. The van der Waals surface area contributed by atoms with Gasteiger partial charge in [-0.2, -0.15) is 0 Å². The Labute approximate surface area is 71.6 Å². The second-order valence-electron chi connectivity index (χ2n) is 0.486. The van der Waals surface area contributed by atoms with Crippen molar-refractivity contribution in [2.75, 3.05) is 0 Å². The van der Waals surface area contributed by atoms with Gasteiger partial charge in [0.05, 0.1) is 0 Å². The van der Waals surface area contributed by atoms with Crippen LogP contribution in [-0.2, 0) is 54.4 Å². The van der Waals surface area contributed by atoms with Crippen LogP contribution in [0.4, 0.5) is 0 Å². The molecule has 0 rings (SSSR count). The Morgan fingerprint density at radius 2 is 1.86 bits per heavy atom. The predicted octanol–water partition coefficient (Wildman–Crippen LogP) is 0.241. The summed E-state index contributed by atoms with van der Waals surface area (Å²) >= 11 is 3.38. The first-order chi connectivity index (χ1) is 2.27. The molecule has 1 radical (unpaired) electrons. The molecule has 4 heteroatoms. The summed E-state index contributed by atoms with van der Waals surface area (Å²) in [5, 5.41) is 0. The van der Waals surface area contributed by atoms with E-state index in [2.05, 4.69) is 22.3 Å². The van der Waals surface area contributed by atoms with Gasteiger partial charge in [-0.1, -0.05) is 0 Å². The van der Waals surface area contributed by atoms with Crippen molar-refractivity contribution in [2.24, 2.45) is 0 Å². The zero-order valence-corrected chi connectivity index (χ0v) is 6.40. The van der Waals surface area contributed by atoms with Crippen LogP contribution in [0.2, 0.25) is 0 Å². The van der Waals surface area contributed by atoms with Crippen LogP contribution in [0.5, 0.6) is 0 Å². The molecule has 0 heterocycles. The number of allylic oxidation sites excluding steroid dienone is 1. The Bertz CT molecular complexity index is 64.0. The van der Waals surface area contributed by atoms with Crippen LogP contribution in [0, 0.1) is 0 Å². The summed E-state index contributed by atoms with van der Waals surface area (Å²) in [5.41, 5.74) is 0. The molecule has 0 fully saturated rings. The van der Waals surface area contributed by atoms with Gasteiger partial charge in [-0.05, 0) is 0 Å². The number of rotatable bonds is 1. The fourth-order valence-electron chi connectivity index (χ4n) is 0. The molecule has 0 aliphatic heterocycles. The van der Waals surface area contributed by atoms with E-state index < -0.39 is 0 Å². The van der Waals surface area contributed by atoms with Crippen LogP contribution in [0.1, 0.15) is 0 Å². The molecular weight excluding hydrogens is 226 g/mol. The van der Waals surface area contributed by atoms with Gasteiger partial charge in [0.2, 0.25) is 0 Å². The van der Waals surface area contributed by atoms with E-state index in [1.54, 1.807) is 0 Å². The monoisotopic (exact) mass is 229 g/mol. The Morgan fingerprint density at radius 1 is 1.71 bits per heavy atom. The molecule has 0 atom stereocenters. The third kappa shape index (κ3) is 19.6. The van der Waals surface area contributed by atoms with E-state index in [1.807, 2.05) is 0 Å². The van der Waals surface area contributed by atoms with Gasteiger partial charge in [0.25, 0.3) is 0 Å². The second-order valence-corrected chi connectivity index (χ2v) is 0.999. The van der Waals surface area contributed by atoms with Crippen molar-refractivity contribution in [3.05, 3.63) is 12.7 Å². The summed E-state index contributed by atoms with van der Waals surface area (Å²) in [6, 6.07) is 0. The second kappa shape index (κ2) is 10.0. The third-order valence-corrected chi connectivity index (χ3v) is 0.364. The maximum absolute atomic E-state index is 9.56. The summed E-state index contributed by atoms with van der Waals surface area (Å²) in [7, 11) is 0. The van der Waals surface area contributed by atoms with Gasteiger partial charge < -0.3 is 0 Å². The van der Waals surface area contributed by atoms with E-state index in [9.17, 15) is 4.79 Å². The first-order valence-corrected chi connectivity index (χ1v) is 1.59. The molecule has 0 saturated carbocycles. The van der Waals surface area contributed by atoms with E-state index in [-0.39, 0.29) is 38.6 Å². The van der Waals surface area contributed by atoms with Crippen LogP contribution in [0.3, 0.4) is 0 Å². The van der Waals surface area contributed by atoms with E-state index in [1.165, 1.54) is 0 Å². The number of hydrogen-bond acceptors (Lipinski definition) is 1. The summed E-state index contributed by atoms with van der Waals surface area (Å²) in [5.74, 6) is 0. The van der Waals surface area contributed by atoms with Gasteiger partial charge in [-0.25, -0.2) is 0 Å². The molecule has 0 aromatic carbocycles. The van der Waals surface area contributed by atoms with Crippen LogP contribution in [0.25, 0.3) is 0 Å². The molecule has 0 spiro atoms. The zero-order valence-electron chi connectivity index (χ0n) is 3.21. The number of carbonyl (C=O) groups excluding carboxylic acids is 1. The summed E-state index contributed by atoms with van der Waals surface area (Å²) in [6.45, 7) is 3.13.